The van der Waals surface area contributed by atoms with E-state index in [0.29, 0.717) is 44.0 Å². The van der Waals surface area contributed by atoms with Crippen LogP contribution in [0.5, 0.6) is 0 Å². The largest absolute Gasteiger partial charge is 0.340 e. The molecule has 0 radical (unpaired) electrons. The standard InChI is InChI=1S/C21H23BrFN5O2/c1-3-4-13-10-26(2)20(29)19-15-12-27(8-7-18(15)25-28(19)11-13)21(30)24-14-5-6-17(23)16(22)9-14/h3,5-6,9,13H,1,4,7-8,10-12H2,2H3,(H,24,30)/t13-/m0/s1. The highest BCUT2D eigenvalue weighted by molar-refractivity contribution is 9.10. The fourth-order valence-corrected chi connectivity index (χ4v) is 4.46. The lowest BCUT2D eigenvalue weighted by atomic mass is 10.0. The van der Waals surface area contributed by atoms with E-state index in [4.69, 9.17) is 5.10 Å². The second-order valence-electron chi connectivity index (χ2n) is 7.76. The van der Waals surface area contributed by atoms with Crippen molar-refractivity contribution in [1.29, 1.82) is 0 Å². The minimum atomic E-state index is -0.393. The van der Waals surface area contributed by atoms with Gasteiger partial charge in [0.05, 0.1) is 16.7 Å². The number of allylic oxidation sites excluding steroid dienone is 1. The number of benzene rings is 1. The Balaban J connectivity index is 1.56. The van der Waals surface area contributed by atoms with Gasteiger partial charge in [-0.05, 0) is 46.5 Å². The van der Waals surface area contributed by atoms with E-state index in [-0.39, 0.29) is 22.3 Å². The van der Waals surface area contributed by atoms with E-state index in [1.165, 1.54) is 18.2 Å². The predicted octanol–water partition coefficient (Wildman–Crippen LogP) is 3.65. The molecule has 2 aromatic rings. The lowest BCUT2D eigenvalue weighted by Crippen LogP contribution is -2.39. The van der Waals surface area contributed by atoms with Crippen LogP contribution in [0, 0.1) is 11.7 Å². The molecule has 1 aromatic heterocycles. The summed E-state index contributed by atoms with van der Waals surface area (Å²) in [6.45, 7) is 5.92. The van der Waals surface area contributed by atoms with Crippen molar-refractivity contribution in [1.82, 2.24) is 19.6 Å². The van der Waals surface area contributed by atoms with Gasteiger partial charge < -0.3 is 15.1 Å². The Morgan fingerprint density at radius 3 is 2.97 bits per heavy atom. The normalized spacial score (nSPS) is 18.5. The Morgan fingerprint density at radius 2 is 2.23 bits per heavy atom. The molecule has 0 bridgehead atoms. The number of aromatic nitrogens is 2. The van der Waals surface area contributed by atoms with Gasteiger partial charge in [-0.3, -0.25) is 9.48 Å². The first-order valence-electron chi connectivity index (χ1n) is 9.83. The van der Waals surface area contributed by atoms with Crippen LogP contribution in [0.3, 0.4) is 0 Å². The molecule has 0 saturated heterocycles. The Bertz CT molecular complexity index is 1020. The molecule has 1 N–H and O–H groups in total. The summed E-state index contributed by atoms with van der Waals surface area (Å²) in [6.07, 6.45) is 3.26. The summed E-state index contributed by atoms with van der Waals surface area (Å²) in [6, 6.07) is 4.03. The van der Waals surface area contributed by atoms with Gasteiger partial charge in [-0.1, -0.05) is 6.08 Å². The van der Waals surface area contributed by atoms with Crippen molar-refractivity contribution in [3.63, 3.8) is 0 Å². The SMILES string of the molecule is C=CC[C@H]1CN(C)C(=O)c2c3c(nn2C1)CCN(C(=O)Nc1ccc(F)c(Br)c1)C3. The third kappa shape index (κ3) is 3.86. The number of hydrogen-bond acceptors (Lipinski definition) is 3. The number of urea groups is 1. The highest BCUT2D eigenvalue weighted by Gasteiger charge is 2.34. The van der Waals surface area contributed by atoms with Gasteiger partial charge in [-0.25, -0.2) is 9.18 Å². The molecule has 0 fully saturated rings. The molecule has 3 amide bonds. The first-order valence-corrected chi connectivity index (χ1v) is 10.6. The maximum absolute atomic E-state index is 13.4. The van der Waals surface area contributed by atoms with Crippen molar-refractivity contribution in [2.24, 2.45) is 5.92 Å². The van der Waals surface area contributed by atoms with Crippen molar-refractivity contribution in [2.75, 3.05) is 25.5 Å². The van der Waals surface area contributed by atoms with E-state index in [1.54, 1.807) is 16.8 Å². The van der Waals surface area contributed by atoms with Crippen LogP contribution < -0.4 is 5.32 Å². The summed E-state index contributed by atoms with van der Waals surface area (Å²) in [5, 5.41) is 7.49. The number of amides is 3. The third-order valence-corrected chi connectivity index (χ3v) is 6.18. The first-order chi connectivity index (χ1) is 14.4. The second-order valence-corrected chi connectivity index (χ2v) is 8.62. The van der Waals surface area contributed by atoms with Gasteiger partial charge in [0.15, 0.2) is 0 Å². The van der Waals surface area contributed by atoms with E-state index in [0.717, 1.165) is 17.7 Å². The number of fused-ring (bicyclic) bond motifs is 3. The van der Waals surface area contributed by atoms with E-state index < -0.39 is 5.82 Å². The summed E-state index contributed by atoms with van der Waals surface area (Å²) in [5.41, 5.74) is 2.75. The van der Waals surface area contributed by atoms with Gasteiger partial charge in [-0.2, -0.15) is 5.10 Å². The van der Waals surface area contributed by atoms with Crippen LogP contribution in [-0.2, 0) is 19.5 Å². The van der Waals surface area contributed by atoms with E-state index >= 15 is 0 Å². The summed E-state index contributed by atoms with van der Waals surface area (Å²) in [4.78, 5) is 29.2. The highest BCUT2D eigenvalue weighted by atomic mass is 79.9. The summed E-state index contributed by atoms with van der Waals surface area (Å²) in [7, 11) is 1.80. The summed E-state index contributed by atoms with van der Waals surface area (Å²) in [5.74, 6) is -0.203. The van der Waals surface area contributed by atoms with E-state index in [2.05, 4.69) is 27.8 Å². The van der Waals surface area contributed by atoms with Crippen LogP contribution in [0.1, 0.15) is 28.2 Å². The maximum atomic E-state index is 13.4. The average Bonchev–Trinajstić information content (AvgIpc) is 3.01. The van der Waals surface area contributed by atoms with Gasteiger partial charge in [-0.15, -0.1) is 6.58 Å². The number of hydrogen-bond donors (Lipinski definition) is 1. The molecule has 9 heteroatoms. The molecule has 0 spiro atoms. The van der Waals surface area contributed by atoms with Crippen molar-refractivity contribution in [3.05, 3.63) is 58.1 Å². The van der Waals surface area contributed by atoms with Crippen LogP contribution >= 0.6 is 15.9 Å². The number of rotatable bonds is 3. The smallest absolute Gasteiger partial charge is 0.322 e. The molecule has 0 saturated carbocycles. The monoisotopic (exact) mass is 475 g/mol. The van der Waals surface area contributed by atoms with Crippen molar-refractivity contribution in [2.45, 2.75) is 25.9 Å². The lowest BCUT2D eigenvalue weighted by Gasteiger charge is -2.27. The lowest BCUT2D eigenvalue weighted by molar-refractivity contribution is 0.0779. The number of carbonyl (C=O) groups is 2. The topological polar surface area (TPSA) is 70.5 Å². The Kier molecular flexibility index (Phi) is 5.64. The quantitative estimate of drug-likeness (QED) is 0.688. The Morgan fingerprint density at radius 1 is 1.43 bits per heavy atom. The number of anilines is 1. The molecular formula is C21H23BrFN5O2. The molecule has 158 valence electrons. The van der Waals surface area contributed by atoms with E-state index in [9.17, 15) is 14.0 Å². The zero-order chi connectivity index (χ0) is 21.4. The third-order valence-electron chi connectivity index (χ3n) is 5.57. The van der Waals surface area contributed by atoms with Crippen molar-refractivity contribution >= 4 is 33.6 Å². The zero-order valence-electron chi connectivity index (χ0n) is 16.7. The fraction of sp³-hybridized carbons (Fsp3) is 0.381. The highest BCUT2D eigenvalue weighted by Crippen LogP contribution is 2.28. The van der Waals surface area contributed by atoms with Gasteiger partial charge >= 0.3 is 6.03 Å². The molecule has 2 aliphatic rings. The minimum absolute atomic E-state index is 0.0694. The molecule has 7 nitrogen and oxygen atoms in total. The van der Waals surface area contributed by atoms with Gasteiger partial charge in [0.25, 0.3) is 5.91 Å². The van der Waals surface area contributed by atoms with Gasteiger partial charge in [0, 0.05) is 44.4 Å². The maximum Gasteiger partial charge on any atom is 0.322 e. The molecule has 0 unspecified atom stereocenters. The summed E-state index contributed by atoms with van der Waals surface area (Å²) >= 11 is 3.13. The molecule has 0 aliphatic carbocycles. The van der Waals surface area contributed by atoms with E-state index in [1.807, 2.05) is 10.8 Å². The Labute approximate surface area is 182 Å². The fourth-order valence-electron chi connectivity index (χ4n) is 4.09. The molecular weight excluding hydrogens is 453 g/mol. The van der Waals surface area contributed by atoms with Crippen LogP contribution in [-0.4, -0.2) is 51.7 Å². The average molecular weight is 476 g/mol. The number of halogens is 2. The molecule has 3 heterocycles. The first kappa shape index (κ1) is 20.6. The van der Waals surface area contributed by atoms with Gasteiger partial charge in [0.2, 0.25) is 0 Å². The summed E-state index contributed by atoms with van der Waals surface area (Å²) < 4.78 is 15.5. The van der Waals surface area contributed by atoms with Crippen LogP contribution in [0.4, 0.5) is 14.9 Å². The van der Waals surface area contributed by atoms with Crippen molar-refractivity contribution in [3.8, 4) is 0 Å². The Hall–Kier alpha value is -2.68. The van der Waals surface area contributed by atoms with Crippen molar-refractivity contribution < 1.29 is 14.0 Å². The second kappa shape index (κ2) is 8.22. The van der Waals surface area contributed by atoms with Crippen LogP contribution in [0.25, 0.3) is 0 Å². The van der Waals surface area contributed by atoms with Crippen LogP contribution in [0.15, 0.2) is 35.3 Å². The molecule has 1 atom stereocenters. The van der Waals surface area contributed by atoms with Crippen LogP contribution in [0.2, 0.25) is 0 Å². The number of nitrogens with zero attached hydrogens (tertiary/aromatic N) is 4. The molecule has 1 aromatic carbocycles. The molecule has 30 heavy (non-hydrogen) atoms. The molecule has 2 aliphatic heterocycles. The molecule has 4 rings (SSSR count). The predicted molar refractivity (Wildman–Crippen MR) is 115 cm³/mol. The number of carbonyl (C=O) groups excluding carboxylic acids is 2. The zero-order valence-corrected chi connectivity index (χ0v) is 18.3. The minimum Gasteiger partial charge on any atom is -0.340 e. The number of nitrogens with one attached hydrogen (secondary N) is 1. The van der Waals surface area contributed by atoms with Gasteiger partial charge in [0.1, 0.15) is 11.5 Å².